The van der Waals surface area contributed by atoms with Crippen LogP contribution in [0, 0.1) is 11.8 Å². The first-order chi connectivity index (χ1) is 24.9. The zero-order valence-electron chi connectivity index (χ0n) is 30.3. The van der Waals surface area contributed by atoms with Crippen molar-refractivity contribution in [1.82, 2.24) is 26.6 Å². The number of carbonyl (C=O) groups is 7. The molecule has 10 N–H and O–H groups in total. The van der Waals surface area contributed by atoms with Crippen LogP contribution in [-0.4, -0.2) is 93.0 Å². The zero-order valence-corrected chi connectivity index (χ0v) is 30.3. The second-order valence-corrected chi connectivity index (χ2v) is 14.3. The highest BCUT2D eigenvalue weighted by Crippen LogP contribution is 2.31. The van der Waals surface area contributed by atoms with Crippen molar-refractivity contribution in [2.75, 3.05) is 6.54 Å². The summed E-state index contributed by atoms with van der Waals surface area (Å²) in [5, 5.41) is 42.4. The van der Waals surface area contributed by atoms with E-state index in [0.29, 0.717) is 5.56 Å². The van der Waals surface area contributed by atoms with Crippen LogP contribution in [0.5, 0.6) is 5.75 Å². The molecule has 2 aromatic rings. The predicted molar refractivity (Wildman–Crippen MR) is 192 cm³/mol. The Morgan fingerprint density at radius 1 is 0.736 bits per heavy atom. The normalized spacial score (nSPS) is 15.4. The van der Waals surface area contributed by atoms with Crippen molar-refractivity contribution in [3.63, 3.8) is 0 Å². The highest BCUT2D eigenvalue weighted by Gasteiger charge is 2.47. The third-order valence-corrected chi connectivity index (χ3v) is 8.81. The topological polar surface area (TPSA) is 266 Å². The van der Waals surface area contributed by atoms with E-state index in [-0.39, 0.29) is 49.7 Å². The van der Waals surface area contributed by atoms with Crippen LogP contribution in [0.4, 0.5) is 0 Å². The maximum absolute atomic E-state index is 14.0. The number of aliphatic carboxylic acids is 2. The standard InChI is InChI=1S/C37H50N6O10/c1-20(2)13-26(32(38)48)40-30(45)19-39-36(53)37(17-23-7-5-6-8-24(23)18-37)43-28(16-31(46)47)34(50)41-27(15-22-9-11-25(44)12-10-22)33(49)42-29(35(51)52)14-21(3)4/h5-12,20-21,26-29,43-44H,13-19H2,1-4H3,(H2,38,48)(H,39,53)(H,40,45)(H,41,50)(H,42,49)(H,46,47)(H,51,52)/t26-,27-,28-,29-/m0/s1. The monoisotopic (exact) mass is 738 g/mol. The van der Waals surface area contributed by atoms with E-state index >= 15 is 0 Å². The smallest absolute Gasteiger partial charge is 0.326 e. The number of carbonyl (C=O) groups excluding carboxylic acids is 5. The van der Waals surface area contributed by atoms with Gasteiger partial charge in [0.1, 0.15) is 29.4 Å². The van der Waals surface area contributed by atoms with E-state index in [1.165, 1.54) is 24.3 Å². The summed E-state index contributed by atoms with van der Waals surface area (Å²) in [4.78, 5) is 90.3. The minimum atomic E-state index is -1.62. The van der Waals surface area contributed by atoms with Crippen LogP contribution in [0.25, 0.3) is 0 Å². The van der Waals surface area contributed by atoms with E-state index in [2.05, 4.69) is 26.6 Å². The summed E-state index contributed by atoms with van der Waals surface area (Å²) in [6.45, 7) is 6.71. The van der Waals surface area contributed by atoms with Crippen molar-refractivity contribution in [3.8, 4) is 5.75 Å². The van der Waals surface area contributed by atoms with Gasteiger partial charge in [0.2, 0.25) is 29.5 Å². The van der Waals surface area contributed by atoms with Gasteiger partial charge in [-0.05, 0) is 53.5 Å². The van der Waals surface area contributed by atoms with Crippen LogP contribution in [0.15, 0.2) is 48.5 Å². The zero-order chi connectivity index (χ0) is 39.5. The van der Waals surface area contributed by atoms with E-state index in [1.54, 1.807) is 38.1 Å². The molecule has 288 valence electrons. The van der Waals surface area contributed by atoms with E-state index in [0.717, 1.165) is 11.1 Å². The summed E-state index contributed by atoms with van der Waals surface area (Å²) >= 11 is 0. The number of benzene rings is 2. The molecule has 0 aliphatic heterocycles. The summed E-state index contributed by atoms with van der Waals surface area (Å²) in [6, 6.07) is 7.63. The average molecular weight is 739 g/mol. The van der Waals surface area contributed by atoms with Gasteiger partial charge in [-0.1, -0.05) is 64.1 Å². The molecule has 53 heavy (non-hydrogen) atoms. The quantitative estimate of drug-likeness (QED) is 0.0882. The van der Waals surface area contributed by atoms with Crippen molar-refractivity contribution < 1.29 is 48.9 Å². The molecule has 0 saturated carbocycles. The Kier molecular flexibility index (Phi) is 14.9. The first kappa shape index (κ1) is 41.9. The summed E-state index contributed by atoms with van der Waals surface area (Å²) in [5.41, 5.74) is 5.80. The Morgan fingerprint density at radius 3 is 1.77 bits per heavy atom. The molecular weight excluding hydrogens is 688 g/mol. The number of fused-ring (bicyclic) bond motifs is 1. The Morgan fingerprint density at radius 2 is 1.26 bits per heavy atom. The van der Waals surface area contributed by atoms with Crippen LogP contribution in [0.1, 0.15) is 63.6 Å². The van der Waals surface area contributed by atoms with E-state index in [4.69, 9.17) is 5.73 Å². The third-order valence-electron chi connectivity index (χ3n) is 8.81. The highest BCUT2D eigenvalue weighted by molar-refractivity contribution is 5.96. The number of carboxylic acids is 2. The minimum absolute atomic E-state index is 0.0181. The number of aromatic hydroxyl groups is 1. The van der Waals surface area contributed by atoms with Crippen molar-refractivity contribution in [2.45, 2.75) is 95.9 Å². The van der Waals surface area contributed by atoms with Crippen molar-refractivity contribution in [2.24, 2.45) is 17.6 Å². The molecule has 3 rings (SSSR count). The van der Waals surface area contributed by atoms with Gasteiger partial charge >= 0.3 is 11.9 Å². The number of phenolic OH excluding ortho intramolecular Hbond substituents is 1. The Labute approximate surface area is 307 Å². The van der Waals surface area contributed by atoms with Gasteiger partial charge in [-0.2, -0.15) is 0 Å². The van der Waals surface area contributed by atoms with Gasteiger partial charge in [0.15, 0.2) is 0 Å². The first-order valence-electron chi connectivity index (χ1n) is 17.4. The lowest BCUT2D eigenvalue weighted by Gasteiger charge is -2.33. The van der Waals surface area contributed by atoms with E-state index in [1.807, 2.05) is 13.8 Å². The number of carboxylic acid groups (broad SMARTS) is 2. The fourth-order valence-electron chi connectivity index (χ4n) is 6.27. The molecule has 1 aliphatic carbocycles. The van der Waals surface area contributed by atoms with Gasteiger partial charge < -0.3 is 42.3 Å². The molecule has 0 aromatic heterocycles. The number of hydrogen-bond acceptors (Lipinski definition) is 9. The highest BCUT2D eigenvalue weighted by atomic mass is 16.4. The molecule has 0 heterocycles. The number of primary amides is 1. The molecule has 16 heteroatoms. The number of nitrogens with one attached hydrogen (secondary N) is 5. The van der Waals surface area contributed by atoms with Gasteiger partial charge in [0, 0.05) is 19.3 Å². The fraction of sp³-hybridized carbons (Fsp3) is 0.486. The SMILES string of the molecule is CC(C)C[C@H](NC(=O)CNC(=O)C1(N[C@@H](CC(=O)O)C(=O)N[C@@H](Cc2ccc(O)cc2)C(=O)N[C@@H](CC(C)C)C(=O)O)Cc2ccccc2C1)C(N)=O. The molecule has 2 aromatic carbocycles. The first-order valence-corrected chi connectivity index (χ1v) is 17.4. The maximum atomic E-state index is 14.0. The molecular formula is C37H50N6O10. The molecule has 0 fully saturated rings. The second-order valence-electron chi connectivity index (χ2n) is 14.3. The van der Waals surface area contributed by atoms with Crippen molar-refractivity contribution in [3.05, 3.63) is 65.2 Å². The van der Waals surface area contributed by atoms with Gasteiger partial charge in [0.25, 0.3) is 0 Å². The summed E-state index contributed by atoms with van der Waals surface area (Å²) < 4.78 is 0. The van der Waals surface area contributed by atoms with Crippen LogP contribution < -0.4 is 32.3 Å². The average Bonchev–Trinajstić information content (AvgIpc) is 3.45. The van der Waals surface area contributed by atoms with Gasteiger partial charge in [-0.3, -0.25) is 34.1 Å². The minimum Gasteiger partial charge on any atom is -0.508 e. The van der Waals surface area contributed by atoms with Crippen LogP contribution >= 0.6 is 0 Å². The summed E-state index contributed by atoms with van der Waals surface area (Å²) in [6.07, 6.45) is -0.551. The molecule has 4 atom stereocenters. The largest absolute Gasteiger partial charge is 0.508 e. The molecule has 0 bridgehead atoms. The maximum Gasteiger partial charge on any atom is 0.326 e. The lowest BCUT2D eigenvalue weighted by molar-refractivity contribution is -0.143. The fourth-order valence-corrected chi connectivity index (χ4v) is 6.27. The van der Waals surface area contributed by atoms with Crippen LogP contribution in [-0.2, 0) is 52.8 Å². The predicted octanol–water partition coefficient (Wildman–Crippen LogP) is 0.138. The summed E-state index contributed by atoms with van der Waals surface area (Å²) in [5.74, 6) is -6.72. The molecule has 0 radical (unpaired) electrons. The van der Waals surface area contributed by atoms with Crippen LogP contribution in [0.3, 0.4) is 0 Å². The van der Waals surface area contributed by atoms with Crippen molar-refractivity contribution >= 4 is 41.5 Å². The van der Waals surface area contributed by atoms with E-state index < -0.39 is 84.1 Å². The second kappa shape index (κ2) is 18.8. The van der Waals surface area contributed by atoms with Crippen molar-refractivity contribution in [1.29, 1.82) is 0 Å². The van der Waals surface area contributed by atoms with E-state index in [9.17, 15) is 48.9 Å². The number of amides is 5. The third kappa shape index (κ3) is 12.6. The Bertz CT molecular complexity index is 1640. The molecule has 0 unspecified atom stereocenters. The van der Waals surface area contributed by atoms with Crippen LogP contribution in [0.2, 0.25) is 0 Å². The number of phenols is 1. The Hall–Kier alpha value is -5.51. The van der Waals surface area contributed by atoms with Gasteiger partial charge in [-0.25, -0.2) is 4.79 Å². The molecule has 0 spiro atoms. The summed E-state index contributed by atoms with van der Waals surface area (Å²) in [7, 11) is 0. The number of hydrogen-bond donors (Lipinski definition) is 9. The molecule has 16 nitrogen and oxygen atoms in total. The van der Waals surface area contributed by atoms with Gasteiger partial charge in [0.05, 0.1) is 19.0 Å². The molecule has 0 saturated heterocycles. The number of rotatable bonds is 20. The van der Waals surface area contributed by atoms with Gasteiger partial charge in [-0.15, -0.1) is 0 Å². The lowest BCUT2D eigenvalue weighted by Crippen LogP contribution is -2.65. The lowest BCUT2D eigenvalue weighted by atomic mass is 9.92. The molecule has 5 amide bonds. The molecule has 1 aliphatic rings. The number of nitrogens with two attached hydrogens (primary N) is 1. The Balaban J connectivity index is 1.91.